The van der Waals surface area contributed by atoms with E-state index in [2.05, 4.69) is 39.9 Å². The first kappa shape index (κ1) is 15.1. The summed E-state index contributed by atoms with van der Waals surface area (Å²) in [5, 5.41) is 9.87. The van der Waals surface area contributed by atoms with Crippen molar-refractivity contribution in [3.8, 4) is 11.8 Å². The largest absolute Gasteiger partial charge is 0.542 e. The molecule has 0 N–H and O–H groups in total. The maximum atomic E-state index is 9.19. The monoisotopic (exact) mass is 281 g/mol. The van der Waals surface area contributed by atoms with Gasteiger partial charge < -0.3 is 4.43 Å². The Morgan fingerprint density at radius 1 is 1.28 bits per heavy atom. The average Bonchev–Trinajstić information content (AvgIpc) is 2.19. The summed E-state index contributed by atoms with van der Waals surface area (Å²) in [5.74, 6) is 0.688. The van der Waals surface area contributed by atoms with Crippen LogP contribution in [0.1, 0.15) is 31.9 Å². The SMILES string of the molecule is Cc1cc(Cl)cc(C#N)c1O[Si](C)(C)C(C)(C)C. The van der Waals surface area contributed by atoms with Crippen LogP contribution in [0.25, 0.3) is 0 Å². The van der Waals surface area contributed by atoms with Crippen LogP contribution in [0.3, 0.4) is 0 Å². The Morgan fingerprint density at radius 3 is 2.28 bits per heavy atom. The molecule has 0 radical (unpaired) electrons. The van der Waals surface area contributed by atoms with Crippen LogP contribution in [0.2, 0.25) is 23.2 Å². The fourth-order valence-corrected chi connectivity index (χ4v) is 2.72. The van der Waals surface area contributed by atoms with E-state index in [0.717, 1.165) is 5.56 Å². The van der Waals surface area contributed by atoms with E-state index in [-0.39, 0.29) is 5.04 Å². The molecular formula is C14H20ClNOSi. The number of benzene rings is 1. The van der Waals surface area contributed by atoms with Crippen molar-refractivity contribution in [3.05, 3.63) is 28.3 Å². The van der Waals surface area contributed by atoms with Crippen molar-refractivity contribution in [1.82, 2.24) is 0 Å². The van der Waals surface area contributed by atoms with Crippen molar-refractivity contribution < 1.29 is 4.43 Å². The van der Waals surface area contributed by atoms with Crippen LogP contribution in [0, 0.1) is 18.3 Å². The molecule has 18 heavy (non-hydrogen) atoms. The van der Waals surface area contributed by atoms with Crippen LogP contribution < -0.4 is 4.43 Å². The highest BCUT2D eigenvalue weighted by atomic mass is 35.5. The quantitative estimate of drug-likeness (QED) is 0.722. The van der Waals surface area contributed by atoms with Crippen molar-refractivity contribution >= 4 is 19.9 Å². The second-order valence-corrected chi connectivity index (χ2v) is 11.2. The minimum Gasteiger partial charge on any atom is -0.542 e. The van der Waals surface area contributed by atoms with Gasteiger partial charge in [-0.15, -0.1) is 0 Å². The van der Waals surface area contributed by atoms with E-state index in [1.807, 2.05) is 13.0 Å². The lowest BCUT2D eigenvalue weighted by Crippen LogP contribution is -2.44. The predicted molar refractivity (Wildman–Crippen MR) is 78.7 cm³/mol. The standard InChI is InChI=1S/C14H20ClNOSi/c1-10-7-12(15)8-11(9-16)13(10)17-18(5,6)14(2,3)4/h7-8H,1-6H3. The van der Waals surface area contributed by atoms with Gasteiger partial charge in [-0.3, -0.25) is 0 Å². The molecule has 0 aliphatic carbocycles. The van der Waals surface area contributed by atoms with Crippen molar-refractivity contribution in [2.45, 2.75) is 45.8 Å². The van der Waals surface area contributed by atoms with E-state index in [1.54, 1.807) is 6.07 Å². The first-order valence-electron chi connectivity index (χ1n) is 5.98. The summed E-state index contributed by atoms with van der Waals surface area (Å²) in [7, 11) is -1.94. The Hall–Kier alpha value is -0.983. The fraction of sp³-hybridized carbons (Fsp3) is 0.500. The third-order valence-corrected chi connectivity index (χ3v) is 8.07. The second kappa shape index (κ2) is 4.95. The Bertz CT molecular complexity index is 498. The molecule has 0 aromatic heterocycles. The number of hydrogen-bond acceptors (Lipinski definition) is 2. The van der Waals surface area contributed by atoms with Gasteiger partial charge in [0.25, 0.3) is 8.32 Å². The van der Waals surface area contributed by atoms with Crippen LogP contribution in [0.15, 0.2) is 12.1 Å². The molecule has 1 aromatic rings. The van der Waals surface area contributed by atoms with Gasteiger partial charge in [-0.25, -0.2) is 0 Å². The molecule has 0 atom stereocenters. The zero-order valence-corrected chi connectivity index (χ0v) is 13.6. The molecule has 1 aromatic carbocycles. The molecule has 4 heteroatoms. The fourth-order valence-electron chi connectivity index (χ4n) is 1.36. The Balaban J connectivity index is 3.25. The molecule has 0 unspecified atom stereocenters. The number of nitrogens with zero attached hydrogens (tertiary/aromatic N) is 1. The molecule has 0 amide bonds. The van der Waals surface area contributed by atoms with Gasteiger partial charge in [0.1, 0.15) is 11.8 Å². The molecule has 0 heterocycles. The molecule has 0 aliphatic heterocycles. The molecule has 0 saturated carbocycles. The van der Waals surface area contributed by atoms with E-state index >= 15 is 0 Å². The van der Waals surface area contributed by atoms with Crippen LogP contribution >= 0.6 is 11.6 Å². The Morgan fingerprint density at radius 2 is 1.83 bits per heavy atom. The zero-order chi connectivity index (χ0) is 14.1. The summed E-state index contributed by atoms with van der Waals surface area (Å²) < 4.78 is 6.23. The molecule has 0 saturated heterocycles. The summed E-state index contributed by atoms with van der Waals surface area (Å²) >= 11 is 5.97. The van der Waals surface area contributed by atoms with Gasteiger partial charge >= 0.3 is 0 Å². The first-order valence-corrected chi connectivity index (χ1v) is 9.26. The molecule has 2 nitrogen and oxygen atoms in total. The van der Waals surface area contributed by atoms with Crippen LogP contribution in [0.4, 0.5) is 0 Å². The van der Waals surface area contributed by atoms with Crippen LogP contribution in [-0.4, -0.2) is 8.32 Å². The third kappa shape index (κ3) is 3.07. The summed E-state index contributed by atoms with van der Waals surface area (Å²) in [4.78, 5) is 0. The average molecular weight is 282 g/mol. The van der Waals surface area contributed by atoms with Gasteiger partial charge in [0.2, 0.25) is 0 Å². The van der Waals surface area contributed by atoms with Gasteiger partial charge in [-0.05, 0) is 42.8 Å². The van der Waals surface area contributed by atoms with Gasteiger partial charge in [0.15, 0.2) is 0 Å². The lowest BCUT2D eigenvalue weighted by atomic mass is 10.1. The molecule has 1 rings (SSSR count). The lowest BCUT2D eigenvalue weighted by molar-refractivity contribution is 0.488. The van der Waals surface area contributed by atoms with E-state index in [0.29, 0.717) is 16.3 Å². The van der Waals surface area contributed by atoms with E-state index < -0.39 is 8.32 Å². The molecular weight excluding hydrogens is 262 g/mol. The zero-order valence-electron chi connectivity index (χ0n) is 11.9. The maximum absolute atomic E-state index is 9.19. The van der Waals surface area contributed by atoms with Crippen molar-refractivity contribution in [1.29, 1.82) is 5.26 Å². The summed E-state index contributed by atoms with van der Waals surface area (Å²) in [5.41, 5.74) is 1.44. The topological polar surface area (TPSA) is 33.0 Å². The lowest BCUT2D eigenvalue weighted by Gasteiger charge is -2.37. The molecule has 98 valence electrons. The van der Waals surface area contributed by atoms with E-state index in [1.165, 1.54) is 0 Å². The van der Waals surface area contributed by atoms with Crippen molar-refractivity contribution in [3.63, 3.8) is 0 Å². The Kier molecular flexibility index (Phi) is 4.14. The number of rotatable bonds is 2. The van der Waals surface area contributed by atoms with Crippen molar-refractivity contribution in [2.24, 2.45) is 0 Å². The molecule has 0 fully saturated rings. The minimum absolute atomic E-state index is 0.103. The highest BCUT2D eigenvalue weighted by Crippen LogP contribution is 2.39. The van der Waals surface area contributed by atoms with Gasteiger partial charge in [0.05, 0.1) is 5.56 Å². The summed E-state index contributed by atoms with van der Waals surface area (Å²) in [6.45, 7) is 12.8. The number of hydrogen-bond donors (Lipinski definition) is 0. The van der Waals surface area contributed by atoms with Gasteiger partial charge in [-0.1, -0.05) is 32.4 Å². The third-order valence-electron chi connectivity index (χ3n) is 3.52. The Labute approximate surface area is 116 Å². The highest BCUT2D eigenvalue weighted by Gasteiger charge is 2.39. The van der Waals surface area contributed by atoms with Gasteiger partial charge in [-0.2, -0.15) is 5.26 Å². The van der Waals surface area contributed by atoms with E-state index in [4.69, 9.17) is 16.0 Å². The van der Waals surface area contributed by atoms with Crippen molar-refractivity contribution in [2.75, 3.05) is 0 Å². The van der Waals surface area contributed by atoms with Crippen LogP contribution in [-0.2, 0) is 0 Å². The predicted octanol–water partition coefficient (Wildman–Crippen LogP) is 4.90. The second-order valence-electron chi connectivity index (χ2n) is 6.07. The molecule has 0 bridgehead atoms. The molecule has 0 spiro atoms. The van der Waals surface area contributed by atoms with Crippen LogP contribution in [0.5, 0.6) is 5.75 Å². The number of nitriles is 1. The first-order chi connectivity index (χ1) is 8.08. The normalized spacial score (nSPS) is 12.1. The summed E-state index contributed by atoms with van der Waals surface area (Å²) in [6, 6.07) is 5.67. The van der Waals surface area contributed by atoms with Gasteiger partial charge in [0, 0.05) is 5.02 Å². The number of aryl methyl sites for hydroxylation is 1. The number of halogens is 1. The molecule has 0 aliphatic rings. The van der Waals surface area contributed by atoms with E-state index in [9.17, 15) is 5.26 Å². The highest BCUT2D eigenvalue weighted by molar-refractivity contribution is 6.74. The maximum Gasteiger partial charge on any atom is 0.250 e. The minimum atomic E-state index is -1.94. The summed E-state index contributed by atoms with van der Waals surface area (Å²) in [6.07, 6.45) is 0. The smallest absolute Gasteiger partial charge is 0.250 e.